The predicted molar refractivity (Wildman–Crippen MR) is 60.5 cm³/mol. The molecule has 1 amide bonds. The number of carbonyl (C=O) groups excluding carboxylic acids is 1. The fraction of sp³-hybridized carbons (Fsp3) is 0.917. The van der Waals surface area contributed by atoms with E-state index in [1.165, 1.54) is 0 Å². The Morgan fingerprint density at radius 3 is 2.80 bits per heavy atom. The molecule has 1 heterocycles. The number of hydrogen-bond donors (Lipinski definition) is 1. The van der Waals surface area contributed by atoms with Crippen LogP contribution in [0, 0.1) is 5.92 Å². The second kappa shape index (κ2) is 6.11. The van der Waals surface area contributed by atoms with Gasteiger partial charge in [0.05, 0.1) is 6.10 Å². The molecule has 1 fully saturated rings. The highest BCUT2D eigenvalue weighted by Gasteiger charge is 2.26. The maximum atomic E-state index is 11.8. The molecule has 1 saturated heterocycles. The zero-order chi connectivity index (χ0) is 11.3. The lowest BCUT2D eigenvalue weighted by atomic mass is 9.96. The van der Waals surface area contributed by atoms with E-state index in [0.29, 0.717) is 6.42 Å². The molecule has 2 atom stereocenters. The second-order valence-corrected chi connectivity index (χ2v) is 4.63. The van der Waals surface area contributed by atoms with Crippen molar-refractivity contribution in [1.29, 1.82) is 0 Å². The van der Waals surface area contributed by atoms with E-state index in [2.05, 4.69) is 6.92 Å². The summed E-state index contributed by atoms with van der Waals surface area (Å²) in [5.41, 5.74) is 0. The Morgan fingerprint density at radius 2 is 2.20 bits per heavy atom. The molecular formula is C12H23NO2. The first-order valence-corrected chi connectivity index (χ1v) is 6.11. The van der Waals surface area contributed by atoms with E-state index >= 15 is 0 Å². The lowest BCUT2D eigenvalue weighted by molar-refractivity contribution is -0.134. The first-order valence-electron chi connectivity index (χ1n) is 6.11. The van der Waals surface area contributed by atoms with Gasteiger partial charge in [0.2, 0.25) is 5.91 Å². The van der Waals surface area contributed by atoms with Gasteiger partial charge in [0, 0.05) is 19.5 Å². The molecule has 1 N–H and O–H groups in total. The van der Waals surface area contributed by atoms with Crippen LogP contribution in [0.3, 0.4) is 0 Å². The second-order valence-electron chi connectivity index (χ2n) is 4.63. The lowest BCUT2D eigenvalue weighted by Crippen LogP contribution is -2.44. The van der Waals surface area contributed by atoms with Crippen molar-refractivity contribution in [2.24, 2.45) is 5.92 Å². The average molecular weight is 213 g/mol. The van der Waals surface area contributed by atoms with Crippen LogP contribution in [0.15, 0.2) is 0 Å². The third kappa shape index (κ3) is 3.82. The van der Waals surface area contributed by atoms with Crippen LogP contribution in [-0.4, -0.2) is 35.1 Å². The molecule has 0 aliphatic carbocycles. The molecule has 88 valence electrons. The molecular weight excluding hydrogens is 190 g/mol. The molecule has 3 heteroatoms. The molecule has 3 nitrogen and oxygen atoms in total. The maximum Gasteiger partial charge on any atom is 0.222 e. The summed E-state index contributed by atoms with van der Waals surface area (Å²) in [5, 5.41) is 9.55. The molecule has 0 radical (unpaired) electrons. The van der Waals surface area contributed by atoms with E-state index in [1.54, 1.807) is 0 Å². The smallest absolute Gasteiger partial charge is 0.222 e. The van der Waals surface area contributed by atoms with Gasteiger partial charge in [-0.05, 0) is 18.8 Å². The van der Waals surface area contributed by atoms with E-state index in [-0.39, 0.29) is 17.9 Å². The monoisotopic (exact) mass is 213 g/mol. The normalized spacial score (nSPS) is 26.7. The van der Waals surface area contributed by atoms with Gasteiger partial charge in [-0.1, -0.05) is 26.7 Å². The minimum atomic E-state index is -0.218. The summed E-state index contributed by atoms with van der Waals surface area (Å²) in [6.45, 7) is 5.61. The number of piperidine rings is 1. The number of carbonyl (C=O) groups is 1. The minimum Gasteiger partial charge on any atom is -0.393 e. The molecule has 0 aromatic carbocycles. The number of unbranched alkanes of at least 4 members (excludes halogenated alkanes) is 2. The van der Waals surface area contributed by atoms with E-state index in [0.717, 1.165) is 38.8 Å². The third-order valence-electron chi connectivity index (χ3n) is 3.21. The SMILES string of the molecule is CCCCCC(=O)N1CCC(O)C(C)C1. The molecule has 0 aromatic heterocycles. The van der Waals surface area contributed by atoms with Crippen LogP contribution in [0.4, 0.5) is 0 Å². The van der Waals surface area contributed by atoms with Crippen molar-refractivity contribution in [2.75, 3.05) is 13.1 Å². The fourth-order valence-electron chi connectivity index (χ4n) is 2.04. The molecule has 0 aromatic rings. The van der Waals surface area contributed by atoms with Gasteiger partial charge >= 0.3 is 0 Å². The molecule has 0 bridgehead atoms. The van der Waals surface area contributed by atoms with Crippen molar-refractivity contribution >= 4 is 5.91 Å². The Labute approximate surface area is 92.5 Å². The van der Waals surface area contributed by atoms with E-state index in [9.17, 15) is 9.90 Å². The summed E-state index contributed by atoms with van der Waals surface area (Å²) in [4.78, 5) is 13.7. The Kier molecular flexibility index (Phi) is 5.09. The maximum absolute atomic E-state index is 11.8. The summed E-state index contributed by atoms with van der Waals surface area (Å²) in [6, 6.07) is 0. The first kappa shape index (κ1) is 12.5. The number of nitrogens with zero attached hydrogens (tertiary/aromatic N) is 1. The van der Waals surface area contributed by atoms with Crippen molar-refractivity contribution in [1.82, 2.24) is 4.90 Å². The Morgan fingerprint density at radius 1 is 1.47 bits per heavy atom. The topological polar surface area (TPSA) is 40.5 Å². The molecule has 2 unspecified atom stereocenters. The molecule has 15 heavy (non-hydrogen) atoms. The highest BCUT2D eigenvalue weighted by atomic mass is 16.3. The first-order chi connectivity index (χ1) is 7.15. The highest BCUT2D eigenvalue weighted by molar-refractivity contribution is 5.76. The Hall–Kier alpha value is -0.570. The quantitative estimate of drug-likeness (QED) is 0.723. The number of amides is 1. The third-order valence-corrected chi connectivity index (χ3v) is 3.21. The molecule has 1 rings (SSSR count). The van der Waals surface area contributed by atoms with Gasteiger partial charge in [-0.3, -0.25) is 4.79 Å². The molecule has 0 spiro atoms. The van der Waals surface area contributed by atoms with E-state index in [4.69, 9.17) is 0 Å². The zero-order valence-electron chi connectivity index (χ0n) is 9.91. The van der Waals surface area contributed by atoms with Crippen molar-refractivity contribution in [2.45, 2.75) is 52.1 Å². The van der Waals surface area contributed by atoms with Crippen LogP contribution in [0.2, 0.25) is 0 Å². The Balaban J connectivity index is 2.28. The van der Waals surface area contributed by atoms with E-state index < -0.39 is 0 Å². The van der Waals surface area contributed by atoms with Gasteiger partial charge in [-0.25, -0.2) is 0 Å². The number of aliphatic hydroxyl groups is 1. The van der Waals surface area contributed by atoms with Gasteiger partial charge in [-0.2, -0.15) is 0 Å². The van der Waals surface area contributed by atoms with Crippen LogP contribution in [-0.2, 0) is 4.79 Å². The van der Waals surface area contributed by atoms with Crippen LogP contribution in [0.5, 0.6) is 0 Å². The van der Waals surface area contributed by atoms with Crippen LogP contribution in [0.25, 0.3) is 0 Å². The zero-order valence-corrected chi connectivity index (χ0v) is 9.91. The van der Waals surface area contributed by atoms with Gasteiger partial charge in [-0.15, -0.1) is 0 Å². The fourth-order valence-corrected chi connectivity index (χ4v) is 2.04. The minimum absolute atomic E-state index is 0.218. The highest BCUT2D eigenvalue weighted by Crippen LogP contribution is 2.17. The van der Waals surface area contributed by atoms with Crippen LogP contribution >= 0.6 is 0 Å². The van der Waals surface area contributed by atoms with Crippen molar-refractivity contribution in [3.63, 3.8) is 0 Å². The predicted octanol–water partition coefficient (Wildman–Crippen LogP) is 1.80. The molecule has 1 aliphatic rings. The summed E-state index contributed by atoms with van der Waals surface area (Å²) in [6.07, 6.45) is 4.49. The molecule has 0 saturated carbocycles. The summed E-state index contributed by atoms with van der Waals surface area (Å²) >= 11 is 0. The van der Waals surface area contributed by atoms with Crippen molar-refractivity contribution < 1.29 is 9.90 Å². The number of hydrogen-bond acceptors (Lipinski definition) is 2. The summed E-state index contributed by atoms with van der Waals surface area (Å²) < 4.78 is 0. The standard InChI is InChI=1S/C12H23NO2/c1-3-4-5-6-12(15)13-8-7-11(14)10(2)9-13/h10-11,14H,3-9H2,1-2H3. The summed E-state index contributed by atoms with van der Waals surface area (Å²) in [7, 11) is 0. The number of rotatable bonds is 4. The lowest BCUT2D eigenvalue weighted by Gasteiger charge is -2.34. The van der Waals surface area contributed by atoms with Gasteiger partial charge in [0.15, 0.2) is 0 Å². The molecule has 1 aliphatic heterocycles. The van der Waals surface area contributed by atoms with Crippen molar-refractivity contribution in [3.05, 3.63) is 0 Å². The van der Waals surface area contributed by atoms with E-state index in [1.807, 2.05) is 11.8 Å². The van der Waals surface area contributed by atoms with Gasteiger partial charge in [0.25, 0.3) is 0 Å². The number of aliphatic hydroxyl groups excluding tert-OH is 1. The van der Waals surface area contributed by atoms with Gasteiger partial charge < -0.3 is 10.0 Å². The van der Waals surface area contributed by atoms with Crippen LogP contribution < -0.4 is 0 Å². The Bertz CT molecular complexity index is 206. The largest absolute Gasteiger partial charge is 0.393 e. The number of likely N-dealkylation sites (tertiary alicyclic amines) is 1. The van der Waals surface area contributed by atoms with Crippen molar-refractivity contribution in [3.8, 4) is 0 Å². The van der Waals surface area contributed by atoms with Crippen LogP contribution in [0.1, 0.15) is 46.0 Å². The average Bonchev–Trinajstić information content (AvgIpc) is 2.22. The van der Waals surface area contributed by atoms with Gasteiger partial charge in [0.1, 0.15) is 0 Å². The summed E-state index contributed by atoms with van der Waals surface area (Å²) in [5.74, 6) is 0.496.